The monoisotopic (exact) mass is 200 g/mol. The number of ether oxygens (including phenoxy) is 1. The third-order valence-corrected chi connectivity index (χ3v) is 2.12. The van der Waals surface area contributed by atoms with Gasteiger partial charge in [0.05, 0.1) is 0 Å². The van der Waals surface area contributed by atoms with Gasteiger partial charge in [-0.15, -0.1) is 11.8 Å². The van der Waals surface area contributed by atoms with Gasteiger partial charge in [-0.1, -0.05) is 0 Å². The Bertz CT molecular complexity index is 325. The fraction of sp³-hybridized carbons (Fsp3) is 0.222. The predicted molar refractivity (Wildman–Crippen MR) is 49.5 cm³/mol. The summed E-state index contributed by atoms with van der Waals surface area (Å²) in [4.78, 5) is 11.3. The van der Waals surface area contributed by atoms with Crippen molar-refractivity contribution in [3.05, 3.63) is 24.0 Å². The van der Waals surface area contributed by atoms with Crippen LogP contribution in [0.15, 0.2) is 23.1 Å². The van der Waals surface area contributed by atoms with Gasteiger partial charge in [-0.2, -0.15) is 0 Å². The summed E-state index contributed by atoms with van der Waals surface area (Å²) in [7, 11) is 0. The molecule has 4 heteroatoms. The maximum atomic E-state index is 13.1. The zero-order valence-electron chi connectivity index (χ0n) is 7.33. The van der Waals surface area contributed by atoms with Gasteiger partial charge in [-0.05, 0) is 24.5 Å². The molecule has 13 heavy (non-hydrogen) atoms. The van der Waals surface area contributed by atoms with Crippen LogP contribution in [0, 0.1) is 5.82 Å². The zero-order chi connectivity index (χ0) is 9.84. The van der Waals surface area contributed by atoms with Gasteiger partial charge in [0.25, 0.3) is 0 Å². The Morgan fingerprint density at radius 2 is 2.23 bits per heavy atom. The van der Waals surface area contributed by atoms with Crippen molar-refractivity contribution in [1.82, 2.24) is 0 Å². The Kier molecular flexibility index (Phi) is 3.31. The molecule has 0 bridgehead atoms. The summed E-state index contributed by atoms with van der Waals surface area (Å²) in [5, 5.41) is 0. The van der Waals surface area contributed by atoms with Crippen LogP contribution in [0.2, 0.25) is 0 Å². The lowest BCUT2D eigenvalue weighted by Crippen LogP contribution is -2.02. The first kappa shape index (κ1) is 10.1. The molecular weight excluding hydrogens is 191 g/mol. The van der Waals surface area contributed by atoms with E-state index in [2.05, 4.69) is 4.74 Å². The van der Waals surface area contributed by atoms with Crippen LogP contribution in [-0.2, 0) is 4.79 Å². The number of thioether (sulfide) groups is 1. The lowest BCUT2D eigenvalue weighted by Gasteiger charge is -2.03. The summed E-state index contributed by atoms with van der Waals surface area (Å²) in [5.74, 6) is -1.05. The summed E-state index contributed by atoms with van der Waals surface area (Å²) in [6.45, 7) is 1.24. The first-order chi connectivity index (χ1) is 6.13. The number of esters is 1. The van der Waals surface area contributed by atoms with E-state index < -0.39 is 11.8 Å². The van der Waals surface area contributed by atoms with Gasteiger partial charge in [0.2, 0.25) is 0 Å². The van der Waals surface area contributed by atoms with Gasteiger partial charge in [-0.25, -0.2) is 4.39 Å². The number of benzene rings is 1. The van der Waals surface area contributed by atoms with Crippen molar-refractivity contribution >= 4 is 17.7 Å². The molecule has 0 spiro atoms. The molecule has 1 aromatic carbocycles. The predicted octanol–water partition coefficient (Wildman–Crippen LogP) is 2.47. The molecule has 1 aromatic rings. The summed E-state index contributed by atoms with van der Waals surface area (Å²) >= 11 is 1.43. The minimum absolute atomic E-state index is 0.0229. The van der Waals surface area contributed by atoms with Crippen molar-refractivity contribution in [1.29, 1.82) is 0 Å². The molecule has 0 atom stereocenters. The molecule has 0 radical (unpaired) electrons. The quantitative estimate of drug-likeness (QED) is 0.417. The van der Waals surface area contributed by atoms with Crippen molar-refractivity contribution in [3.63, 3.8) is 0 Å². The maximum Gasteiger partial charge on any atom is 0.308 e. The number of carbonyl (C=O) groups is 1. The highest BCUT2D eigenvalue weighted by Crippen LogP contribution is 2.23. The second-order valence-corrected chi connectivity index (χ2v) is 3.27. The average molecular weight is 200 g/mol. The fourth-order valence-electron chi connectivity index (χ4n) is 0.846. The third-order valence-electron chi connectivity index (χ3n) is 1.39. The van der Waals surface area contributed by atoms with E-state index in [0.29, 0.717) is 0 Å². The molecular formula is C9H9FO2S. The van der Waals surface area contributed by atoms with Gasteiger partial charge in [-0.3, -0.25) is 4.79 Å². The van der Waals surface area contributed by atoms with Crippen LogP contribution in [0.25, 0.3) is 0 Å². The van der Waals surface area contributed by atoms with Crippen LogP contribution in [0.4, 0.5) is 4.39 Å². The summed E-state index contributed by atoms with van der Waals surface area (Å²) < 4.78 is 17.7. The third kappa shape index (κ3) is 2.73. The minimum Gasteiger partial charge on any atom is -0.424 e. The Balaban J connectivity index is 2.91. The second-order valence-electron chi connectivity index (χ2n) is 2.39. The molecule has 0 saturated carbocycles. The van der Waals surface area contributed by atoms with E-state index in [-0.39, 0.29) is 5.75 Å². The number of rotatable bonds is 2. The Morgan fingerprint density at radius 1 is 1.54 bits per heavy atom. The van der Waals surface area contributed by atoms with Crippen LogP contribution in [0.1, 0.15) is 6.92 Å². The molecule has 1 rings (SSSR count). The number of carbonyl (C=O) groups excluding carboxylic acids is 1. The second kappa shape index (κ2) is 4.28. The maximum absolute atomic E-state index is 13.1. The molecule has 70 valence electrons. The molecule has 0 aliphatic carbocycles. The summed E-state index contributed by atoms with van der Waals surface area (Å²) in [5.41, 5.74) is 0. The number of halogens is 1. The van der Waals surface area contributed by atoms with E-state index in [1.54, 1.807) is 6.07 Å². The SMILES string of the molecule is CSc1ccc(OC(C)=O)c(F)c1. The standard InChI is InChI=1S/C9H9FO2S/c1-6(11)12-9-4-3-7(13-2)5-8(9)10/h3-5H,1-2H3. The van der Waals surface area contributed by atoms with Crippen molar-refractivity contribution in [2.75, 3.05) is 6.26 Å². The van der Waals surface area contributed by atoms with Gasteiger partial charge in [0, 0.05) is 11.8 Å². The average Bonchev–Trinajstić information content (AvgIpc) is 2.08. The highest BCUT2D eigenvalue weighted by molar-refractivity contribution is 7.98. The molecule has 0 aliphatic heterocycles. The van der Waals surface area contributed by atoms with Crippen molar-refractivity contribution in [2.24, 2.45) is 0 Å². The van der Waals surface area contributed by atoms with Crippen LogP contribution in [-0.4, -0.2) is 12.2 Å². The van der Waals surface area contributed by atoms with Crippen LogP contribution in [0.5, 0.6) is 5.75 Å². The van der Waals surface area contributed by atoms with Crippen molar-refractivity contribution in [3.8, 4) is 5.75 Å². The van der Waals surface area contributed by atoms with Crippen LogP contribution in [0.3, 0.4) is 0 Å². The molecule has 0 saturated heterocycles. The highest BCUT2D eigenvalue weighted by Gasteiger charge is 2.05. The molecule has 2 nitrogen and oxygen atoms in total. The van der Waals surface area contributed by atoms with Gasteiger partial charge < -0.3 is 4.74 Å². The van der Waals surface area contributed by atoms with Crippen LogP contribution < -0.4 is 4.74 Å². The van der Waals surface area contributed by atoms with Crippen molar-refractivity contribution in [2.45, 2.75) is 11.8 Å². The molecule has 0 unspecified atom stereocenters. The molecule has 0 aromatic heterocycles. The fourth-order valence-corrected chi connectivity index (χ4v) is 1.27. The smallest absolute Gasteiger partial charge is 0.308 e. The van der Waals surface area contributed by atoms with Gasteiger partial charge in [0.1, 0.15) is 0 Å². The van der Waals surface area contributed by atoms with E-state index >= 15 is 0 Å². The van der Waals surface area contributed by atoms with Gasteiger partial charge in [0.15, 0.2) is 11.6 Å². The molecule has 0 amide bonds. The molecule has 0 aliphatic rings. The van der Waals surface area contributed by atoms with E-state index in [4.69, 9.17) is 0 Å². The topological polar surface area (TPSA) is 26.3 Å². The van der Waals surface area contributed by atoms with Crippen LogP contribution >= 0.6 is 11.8 Å². The molecule has 0 fully saturated rings. The normalized spacial score (nSPS) is 9.77. The Hall–Kier alpha value is -1.03. The van der Waals surface area contributed by atoms with E-state index in [1.165, 1.54) is 30.8 Å². The Morgan fingerprint density at radius 3 is 2.69 bits per heavy atom. The summed E-state index contributed by atoms with van der Waals surface area (Å²) in [6, 6.07) is 4.48. The van der Waals surface area contributed by atoms with E-state index in [0.717, 1.165) is 4.90 Å². The van der Waals surface area contributed by atoms with Gasteiger partial charge >= 0.3 is 5.97 Å². The number of hydrogen-bond acceptors (Lipinski definition) is 3. The zero-order valence-corrected chi connectivity index (χ0v) is 8.15. The van der Waals surface area contributed by atoms with Crippen molar-refractivity contribution < 1.29 is 13.9 Å². The summed E-state index contributed by atoms with van der Waals surface area (Å²) in [6.07, 6.45) is 1.85. The highest BCUT2D eigenvalue weighted by atomic mass is 32.2. The first-order valence-corrected chi connectivity index (χ1v) is 4.88. The minimum atomic E-state index is -0.518. The lowest BCUT2D eigenvalue weighted by molar-refractivity contribution is -0.132. The first-order valence-electron chi connectivity index (χ1n) is 3.65. The Labute approximate surface area is 80.1 Å². The number of hydrogen-bond donors (Lipinski definition) is 0. The largest absolute Gasteiger partial charge is 0.424 e. The molecule has 0 heterocycles. The van der Waals surface area contributed by atoms with E-state index in [1.807, 2.05) is 6.26 Å². The molecule has 0 N–H and O–H groups in total. The lowest BCUT2D eigenvalue weighted by atomic mass is 10.3. The van der Waals surface area contributed by atoms with E-state index in [9.17, 15) is 9.18 Å².